The van der Waals surface area contributed by atoms with Crippen LogP contribution in [0.15, 0.2) is 18.3 Å². The molecular weight excluding hydrogens is 246 g/mol. The van der Waals surface area contributed by atoms with E-state index in [0.717, 1.165) is 37.3 Å². The molecule has 0 unspecified atom stereocenters. The van der Waals surface area contributed by atoms with Crippen LogP contribution < -0.4 is 10.2 Å². The fourth-order valence-electron chi connectivity index (χ4n) is 2.12. The van der Waals surface area contributed by atoms with E-state index in [1.165, 1.54) is 18.4 Å². The van der Waals surface area contributed by atoms with Gasteiger partial charge in [-0.05, 0) is 49.4 Å². The van der Waals surface area contributed by atoms with E-state index in [2.05, 4.69) is 55.0 Å². The third-order valence-electron chi connectivity index (χ3n) is 3.47. The molecule has 0 spiro atoms. The maximum absolute atomic E-state index is 4.58. The third-order valence-corrected chi connectivity index (χ3v) is 3.47. The number of aromatic nitrogens is 1. The minimum atomic E-state index is 0.733. The lowest BCUT2D eigenvalue weighted by Crippen LogP contribution is -2.28. The van der Waals surface area contributed by atoms with Gasteiger partial charge in [-0.3, -0.25) is 0 Å². The highest BCUT2D eigenvalue weighted by Crippen LogP contribution is 2.16. The van der Waals surface area contributed by atoms with Gasteiger partial charge in [0.25, 0.3) is 0 Å². The van der Waals surface area contributed by atoms with Crippen LogP contribution in [0.4, 0.5) is 5.82 Å². The molecule has 0 fully saturated rings. The highest BCUT2D eigenvalue weighted by molar-refractivity contribution is 5.40. The Balaban J connectivity index is 2.76. The number of hydrogen-bond donors (Lipinski definition) is 1. The van der Waals surface area contributed by atoms with E-state index in [0.29, 0.717) is 0 Å². The average Bonchev–Trinajstić information content (AvgIpc) is 2.39. The molecule has 0 aliphatic heterocycles. The highest BCUT2D eigenvalue weighted by atomic mass is 15.2. The van der Waals surface area contributed by atoms with Crippen molar-refractivity contribution in [2.75, 3.05) is 25.0 Å². The van der Waals surface area contributed by atoms with Crippen molar-refractivity contribution in [3.63, 3.8) is 0 Å². The standard InChI is InChI=1S/C17H31N3/c1-14(2)7-10-20(11-8-15(3)4)17-12-16(13-18-5)6-9-19-17/h6,9,12,14-15,18H,7-8,10-11,13H2,1-5H3. The smallest absolute Gasteiger partial charge is 0.128 e. The molecule has 0 aliphatic carbocycles. The molecule has 0 saturated carbocycles. The van der Waals surface area contributed by atoms with Crippen molar-refractivity contribution in [2.45, 2.75) is 47.1 Å². The summed E-state index contributed by atoms with van der Waals surface area (Å²) < 4.78 is 0. The van der Waals surface area contributed by atoms with Gasteiger partial charge in [-0.25, -0.2) is 4.98 Å². The van der Waals surface area contributed by atoms with Crippen molar-refractivity contribution in [1.29, 1.82) is 0 Å². The normalized spacial score (nSPS) is 11.3. The fraction of sp³-hybridized carbons (Fsp3) is 0.706. The predicted molar refractivity (Wildman–Crippen MR) is 88.1 cm³/mol. The molecule has 1 aromatic heterocycles. The van der Waals surface area contributed by atoms with Crippen molar-refractivity contribution in [2.24, 2.45) is 11.8 Å². The highest BCUT2D eigenvalue weighted by Gasteiger charge is 2.10. The topological polar surface area (TPSA) is 28.2 Å². The zero-order chi connectivity index (χ0) is 15.0. The van der Waals surface area contributed by atoms with Crippen LogP contribution in [-0.2, 0) is 6.54 Å². The number of pyridine rings is 1. The molecule has 3 heteroatoms. The van der Waals surface area contributed by atoms with Crippen LogP contribution in [0.2, 0.25) is 0 Å². The Labute approximate surface area is 124 Å². The Kier molecular flexibility index (Phi) is 7.60. The Bertz CT molecular complexity index is 362. The van der Waals surface area contributed by atoms with Crippen LogP contribution in [0.1, 0.15) is 46.1 Å². The molecule has 1 aromatic rings. The number of rotatable bonds is 9. The quantitative estimate of drug-likeness (QED) is 0.746. The van der Waals surface area contributed by atoms with Gasteiger partial charge in [0.2, 0.25) is 0 Å². The van der Waals surface area contributed by atoms with E-state index in [1.54, 1.807) is 0 Å². The van der Waals surface area contributed by atoms with Gasteiger partial charge in [0.05, 0.1) is 0 Å². The van der Waals surface area contributed by atoms with Crippen molar-refractivity contribution < 1.29 is 0 Å². The lowest BCUT2D eigenvalue weighted by molar-refractivity contribution is 0.533. The molecule has 0 bridgehead atoms. The molecule has 0 aromatic carbocycles. The van der Waals surface area contributed by atoms with E-state index in [-0.39, 0.29) is 0 Å². The lowest BCUT2D eigenvalue weighted by Gasteiger charge is -2.26. The molecule has 3 nitrogen and oxygen atoms in total. The number of anilines is 1. The summed E-state index contributed by atoms with van der Waals surface area (Å²) in [4.78, 5) is 7.02. The average molecular weight is 277 g/mol. The summed E-state index contributed by atoms with van der Waals surface area (Å²) in [5, 5.41) is 3.20. The van der Waals surface area contributed by atoms with Gasteiger partial charge in [-0.1, -0.05) is 27.7 Å². The summed E-state index contributed by atoms with van der Waals surface area (Å²) in [7, 11) is 1.98. The van der Waals surface area contributed by atoms with E-state index < -0.39 is 0 Å². The fourth-order valence-corrected chi connectivity index (χ4v) is 2.12. The van der Waals surface area contributed by atoms with E-state index in [9.17, 15) is 0 Å². The zero-order valence-corrected chi connectivity index (χ0v) is 13.8. The Morgan fingerprint density at radius 3 is 2.20 bits per heavy atom. The van der Waals surface area contributed by atoms with Gasteiger partial charge in [0.1, 0.15) is 5.82 Å². The molecule has 1 heterocycles. The zero-order valence-electron chi connectivity index (χ0n) is 13.8. The molecule has 0 saturated heterocycles. The summed E-state index contributed by atoms with van der Waals surface area (Å²) in [6.07, 6.45) is 4.37. The van der Waals surface area contributed by atoms with E-state index in [1.807, 2.05) is 13.2 Å². The van der Waals surface area contributed by atoms with Crippen LogP contribution >= 0.6 is 0 Å². The first-order valence-electron chi connectivity index (χ1n) is 7.87. The first kappa shape index (κ1) is 17.0. The molecule has 1 rings (SSSR count). The van der Waals surface area contributed by atoms with Gasteiger partial charge in [0, 0.05) is 25.8 Å². The minimum Gasteiger partial charge on any atom is -0.357 e. The second-order valence-electron chi connectivity index (χ2n) is 6.40. The molecule has 20 heavy (non-hydrogen) atoms. The number of nitrogens with one attached hydrogen (secondary N) is 1. The van der Waals surface area contributed by atoms with Crippen LogP contribution in [0.5, 0.6) is 0 Å². The van der Waals surface area contributed by atoms with Gasteiger partial charge in [-0.15, -0.1) is 0 Å². The van der Waals surface area contributed by atoms with Crippen molar-refractivity contribution in [3.8, 4) is 0 Å². The Hall–Kier alpha value is -1.09. The van der Waals surface area contributed by atoms with Crippen LogP contribution in [0.3, 0.4) is 0 Å². The van der Waals surface area contributed by atoms with E-state index >= 15 is 0 Å². The minimum absolute atomic E-state index is 0.733. The second-order valence-corrected chi connectivity index (χ2v) is 6.40. The molecule has 0 radical (unpaired) electrons. The van der Waals surface area contributed by atoms with Gasteiger partial charge in [0.15, 0.2) is 0 Å². The van der Waals surface area contributed by atoms with Gasteiger partial charge >= 0.3 is 0 Å². The number of nitrogens with zero attached hydrogens (tertiary/aromatic N) is 2. The number of hydrogen-bond acceptors (Lipinski definition) is 3. The molecule has 0 amide bonds. The summed E-state index contributed by atoms with van der Waals surface area (Å²) in [6, 6.07) is 4.31. The molecule has 0 aliphatic rings. The predicted octanol–water partition coefficient (Wildman–Crippen LogP) is 3.70. The maximum atomic E-state index is 4.58. The first-order chi connectivity index (χ1) is 9.52. The molecule has 0 atom stereocenters. The summed E-state index contributed by atoms with van der Waals surface area (Å²) in [6.45, 7) is 12.2. The van der Waals surface area contributed by atoms with Crippen molar-refractivity contribution >= 4 is 5.82 Å². The third kappa shape index (κ3) is 6.38. The monoisotopic (exact) mass is 277 g/mol. The van der Waals surface area contributed by atoms with Crippen LogP contribution in [0, 0.1) is 11.8 Å². The Morgan fingerprint density at radius 1 is 1.10 bits per heavy atom. The Morgan fingerprint density at radius 2 is 1.70 bits per heavy atom. The molecular formula is C17H31N3. The largest absolute Gasteiger partial charge is 0.357 e. The molecule has 1 N–H and O–H groups in total. The van der Waals surface area contributed by atoms with Crippen molar-refractivity contribution in [1.82, 2.24) is 10.3 Å². The second kappa shape index (κ2) is 8.96. The van der Waals surface area contributed by atoms with Crippen LogP contribution in [0.25, 0.3) is 0 Å². The SMILES string of the molecule is CNCc1ccnc(N(CCC(C)C)CCC(C)C)c1. The maximum Gasteiger partial charge on any atom is 0.128 e. The molecule has 114 valence electrons. The summed E-state index contributed by atoms with van der Waals surface area (Å²) in [5.74, 6) is 2.59. The van der Waals surface area contributed by atoms with Gasteiger partial charge < -0.3 is 10.2 Å². The summed E-state index contributed by atoms with van der Waals surface area (Å²) in [5.41, 5.74) is 1.30. The van der Waals surface area contributed by atoms with Crippen molar-refractivity contribution in [3.05, 3.63) is 23.9 Å². The summed E-state index contributed by atoms with van der Waals surface area (Å²) >= 11 is 0. The van der Waals surface area contributed by atoms with E-state index in [4.69, 9.17) is 0 Å². The lowest BCUT2D eigenvalue weighted by atomic mass is 10.1. The van der Waals surface area contributed by atoms with Crippen LogP contribution in [-0.4, -0.2) is 25.1 Å². The first-order valence-corrected chi connectivity index (χ1v) is 7.87. The van der Waals surface area contributed by atoms with Gasteiger partial charge in [-0.2, -0.15) is 0 Å².